The Hall–Kier alpha value is -2.00. The van der Waals surface area contributed by atoms with Crippen molar-refractivity contribution in [2.75, 3.05) is 0 Å². The molecule has 0 aliphatic rings. The first-order chi connectivity index (χ1) is 9.20. The molecule has 0 fully saturated rings. The second kappa shape index (κ2) is 5.97. The molecule has 0 saturated heterocycles. The molecule has 0 spiro atoms. The van der Waals surface area contributed by atoms with Gasteiger partial charge in [0.25, 0.3) is 5.69 Å². The predicted molar refractivity (Wildman–Crippen MR) is 69.9 cm³/mol. The number of sulfonamides is 1. The number of aliphatic carboxylic acids is 1. The Morgan fingerprint density at radius 1 is 1.50 bits per heavy atom. The highest BCUT2D eigenvalue weighted by molar-refractivity contribution is 7.89. The number of hydrogen-bond donors (Lipinski definition) is 2. The van der Waals surface area contributed by atoms with Gasteiger partial charge in [-0.05, 0) is 18.9 Å². The van der Waals surface area contributed by atoms with E-state index in [-0.39, 0.29) is 12.0 Å². The van der Waals surface area contributed by atoms with E-state index >= 15 is 0 Å². The lowest BCUT2D eigenvalue weighted by Gasteiger charge is -2.14. The van der Waals surface area contributed by atoms with Crippen molar-refractivity contribution in [3.63, 3.8) is 0 Å². The van der Waals surface area contributed by atoms with Gasteiger partial charge in [0.2, 0.25) is 10.0 Å². The molecule has 0 amide bonds. The van der Waals surface area contributed by atoms with E-state index in [1.54, 1.807) is 0 Å². The molecule has 1 aromatic carbocycles. The zero-order chi connectivity index (χ0) is 15.5. The van der Waals surface area contributed by atoms with Gasteiger partial charge in [-0.1, -0.05) is 19.1 Å². The number of aryl methyl sites for hydroxylation is 1. The summed E-state index contributed by atoms with van der Waals surface area (Å²) in [6.07, 6.45) is 0.0221. The van der Waals surface area contributed by atoms with E-state index in [2.05, 4.69) is 0 Å². The highest BCUT2D eigenvalue weighted by atomic mass is 32.2. The molecule has 1 rings (SSSR count). The molecule has 0 radical (unpaired) electrons. The van der Waals surface area contributed by atoms with Gasteiger partial charge in [0.05, 0.1) is 4.92 Å². The number of carboxylic acids is 1. The second-order valence-electron chi connectivity index (χ2n) is 4.10. The van der Waals surface area contributed by atoms with Crippen LogP contribution >= 0.6 is 0 Å². The molecule has 8 nitrogen and oxygen atoms in total. The molecule has 110 valence electrons. The third-order valence-electron chi connectivity index (χ3n) is 2.66. The minimum atomic E-state index is -4.30. The maximum atomic E-state index is 12.2. The summed E-state index contributed by atoms with van der Waals surface area (Å²) >= 11 is 0. The van der Waals surface area contributed by atoms with Crippen LogP contribution in [0.2, 0.25) is 0 Å². The predicted octanol–water partition coefficient (Wildman–Crippen LogP) is 1.04. The minimum Gasteiger partial charge on any atom is -0.480 e. The van der Waals surface area contributed by atoms with E-state index in [1.165, 1.54) is 26.0 Å². The molecule has 20 heavy (non-hydrogen) atoms. The lowest BCUT2D eigenvalue weighted by atomic mass is 10.2. The van der Waals surface area contributed by atoms with Gasteiger partial charge in [-0.2, -0.15) is 4.72 Å². The molecule has 0 aliphatic carbocycles. The molecule has 0 bridgehead atoms. The lowest BCUT2D eigenvalue weighted by Crippen LogP contribution is -2.40. The Kier molecular flexibility index (Phi) is 4.79. The normalized spacial score (nSPS) is 12.9. The standard InChI is InChI=1S/C11H14N2O6S/c1-3-8(11(14)15)12-20(18,19)10-7(2)5-4-6-9(10)13(16)17/h4-6,8,12H,3H2,1-2H3,(H,14,15)/t8-/m1/s1. The molecule has 0 unspecified atom stereocenters. The van der Waals surface area contributed by atoms with Gasteiger partial charge < -0.3 is 5.11 Å². The number of hydrogen-bond acceptors (Lipinski definition) is 5. The van der Waals surface area contributed by atoms with Gasteiger partial charge in [0, 0.05) is 6.07 Å². The number of nitrogens with zero attached hydrogens (tertiary/aromatic N) is 1. The van der Waals surface area contributed by atoms with Crippen LogP contribution in [0.3, 0.4) is 0 Å². The van der Waals surface area contributed by atoms with Crippen LogP contribution in [0.15, 0.2) is 23.1 Å². The zero-order valence-electron chi connectivity index (χ0n) is 10.9. The molecular weight excluding hydrogens is 288 g/mol. The summed E-state index contributed by atoms with van der Waals surface area (Å²) in [4.78, 5) is 20.5. The van der Waals surface area contributed by atoms with Crippen LogP contribution in [-0.2, 0) is 14.8 Å². The van der Waals surface area contributed by atoms with E-state index in [1.807, 2.05) is 4.72 Å². The average Bonchev–Trinajstić information content (AvgIpc) is 2.34. The Morgan fingerprint density at radius 2 is 2.10 bits per heavy atom. The fourth-order valence-electron chi connectivity index (χ4n) is 1.68. The van der Waals surface area contributed by atoms with Crippen LogP contribution in [0, 0.1) is 17.0 Å². The molecular formula is C11H14N2O6S. The third-order valence-corrected chi connectivity index (χ3v) is 4.32. The summed E-state index contributed by atoms with van der Waals surface area (Å²) in [5, 5.41) is 19.8. The summed E-state index contributed by atoms with van der Waals surface area (Å²) in [6.45, 7) is 2.90. The van der Waals surface area contributed by atoms with Crippen LogP contribution in [-0.4, -0.2) is 30.5 Å². The van der Waals surface area contributed by atoms with Gasteiger partial charge in [0.1, 0.15) is 6.04 Å². The van der Waals surface area contributed by atoms with Gasteiger partial charge in [-0.15, -0.1) is 0 Å². The second-order valence-corrected chi connectivity index (χ2v) is 5.75. The van der Waals surface area contributed by atoms with E-state index < -0.39 is 37.5 Å². The molecule has 0 heterocycles. The van der Waals surface area contributed by atoms with E-state index in [9.17, 15) is 23.3 Å². The summed E-state index contributed by atoms with van der Waals surface area (Å²) in [6, 6.07) is 2.49. The minimum absolute atomic E-state index is 0.0221. The maximum absolute atomic E-state index is 12.2. The SMILES string of the molecule is CC[C@@H](NS(=O)(=O)c1c(C)cccc1[N+](=O)[O-])C(=O)O. The van der Waals surface area contributed by atoms with E-state index in [0.717, 1.165) is 6.07 Å². The smallest absolute Gasteiger partial charge is 0.321 e. The molecule has 0 saturated carbocycles. The Balaban J connectivity index is 3.36. The van der Waals surface area contributed by atoms with Crippen LogP contribution in [0.4, 0.5) is 5.69 Å². The van der Waals surface area contributed by atoms with Crippen molar-refractivity contribution in [2.45, 2.75) is 31.2 Å². The fourth-order valence-corrected chi connectivity index (χ4v) is 3.35. The van der Waals surface area contributed by atoms with Crippen molar-refractivity contribution in [3.05, 3.63) is 33.9 Å². The van der Waals surface area contributed by atoms with Crippen molar-refractivity contribution >= 4 is 21.7 Å². The first-order valence-corrected chi connectivity index (χ1v) is 7.18. The molecule has 2 N–H and O–H groups in total. The number of benzene rings is 1. The monoisotopic (exact) mass is 302 g/mol. The van der Waals surface area contributed by atoms with Crippen LogP contribution in [0.25, 0.3) is 0 Å². The molecule has 0 aliphatic heterocycles. The first kappa shape index (κ1) is 16.1. The van der Waals surface area contributed by atoms with Gasteiger partial charge >= 0.3 is 5.97 Å². The average molecular weight is 302 g/mol. The summed E-state index contributed by atoms with van der Waals surface area (Å²) < 4.78 is 26.3. The molecule has 1 atom stereocenters. The summed E-state index contributed by atoms with van der Waals surface area (Å²) in [5.74, 6) is -1.34. The van der Waals surface area contributed by atoms with E-state index in [4.69, 9.17) is 5.11 Å². The molecule has 1 aromatic rings. The Bertz CT molecular complexity index is 640. The molecule has 9 heteroatoms. The van der Waals surface area contributed by atoms with Crippen molar-refractivity contribution < 1.29 is 23.2 Å². The Morgan fingerprint density at radius 3 is 2.55 bits per heavy atom. The first-order valence-electron chi connectivity index (χ1n) is 5.69. The van der Waals surface area contributed by atoms with Crippen molar-refractivity contribution in [3.8, 4) is 0 Å². The number of rotatable bonds is 6. The number of nitro benzene ring substituents is 1. The van der Waals surface area contributed by atoms with Crippen LogP contribution in [0.1, 0.15) is 18.9 Å². The number of nitrogens with one attached hydrogen (secondary N) is 1. The molecule has 0 aromatic heterocycles. The zero-order valence-corrected chi connectivity index (χ0v) is 11.7. The Labute approximate surface area is 115 Å². The van der Waals surface area contributed by atoms with Crippen LogP contribution < -0.4 is 4.72 Å². The maximum Gasteiger partial charge on any atom is 0.321 e. The summed E-state index contributed by atoms with van der Waals surface area (Å²) in [5.41, 5.74) is -0.412. The largest absolute Gasteiger partial charge is 0.480 e. The quantitative estimate of drug-likeness (QED) is 0.597. The number of nitro groups is 1. The highest BCUT2D eigenvalue weighted by Gasteiger charge is 2.31. The summed E-state index contributed by atoms with van der Waals surface area (Å²) in [7, 11) is -4.30. The number of carboxylic acid groups (broad SMARTS) is 1. The third kappa shape index (κ3) is 3.31. The van der Waals surface area contributed by atoms with Gasteiger partial charge in [-0.3, -0.25) is 14.9 Å². The van der Waals surface area contributed by atoms with Crippen LogP contribution in [0.5, 0.6) is 0 Å². The highest BCUT2D eigenvalue weighted by Crippen LogP contribution is 2.27. The van der Waals surface area contributed by atoms with Gasteiger partial charge in [-0.25, -0.2) is 8.42 Å². The van der Waals surface area contributed by atoms with Crippen molar-refractivity contribution in [1.29, 1.82) is 0 Å². The van der Waals surface area contributed by atoms with Crippen molar-refractivity contribution in [1.82, 2.24) is 4.72 Å². The topological polar surface area (TPSA) is 127 Å². The van der Waals surface area contributed by atoms with Crippen molar-refractivity contribution in [2.24, 2.45) is 0 Å². The van der Waals surface area contributed by atoms with Gasteiger partial charge in [0.15, 0.2) is 4.90 Å². The number of carbonyl (C=O) groups is 1. The van der Waals surface area contributed by atoms with E-state index in [0.29, 0.717) is 0 Å². The lowest BCUT2D eigenvalue weighted by molar-refractivity contribution is -0.387. The fraction of sp³-hybridized carbons (Fsp3) is 0.364.